The molecule has 1 aliphatic heterocycles. The molecular formula is C7H14O6. The van der Waals surface area contributed by atoms with Crippen LogP contribution >= 0.6 is 0 Å². The van der Waals surface area contributed by atoms with Crippen LogP contribution in [0.5, 0.6) is 0 Å². The summed E-state index contributed by atoms with van der Waals surface area (Å²) in [7, 11) is 0. The molecule has 1 heterocycles. The first-order valence-corrected chi connectivity index (χ1v) is 4.02. The highest BCUT2D eigenvalue weighted by atomic mass is 16.5. The second kappa shape index (κ2) is 4.32. The number of rotatable bonds is 2. The normalized spacial score (nSPS) is 43.2. The largest absolute Gasteiger partial charge is 0.394 e. The van der Waals surface area contributed by atoms with Crippen molar-refractivity contribution in [3.63, 3.8) is 0 Å². The van der Waals surface area contributed by atoms with E-state index in [1.807, 2.05) is 0 Å². The molecule has 0 saturated carbocycles. The first-order chi connectivity index (χ1) is 6.07. The molecule has 5 atom stereocenters. The van der Waals surface area contributed by atoms with Crippen molar-refractivity contribution < 1.29 is 30.3 Å². The Morgan fingerprint density at radius 2 is 1.85 bits per heavy atom. The zero-order valence-electron chi connectivity index (χ0n) is 6.95. The predicted molar refractivity (Wildman–Crippen MR) is 40.9 cm³/mol. The van der Waals surface area contributed by atoms with Crippen molar-refractivity contribution >= 4 is 0 Å². The van der Waals surface area contributed by atoms with Gasteiger partial charge in [0.25, 0.3) is 0 Å². The van der Waals surface area contributed by atoms with Crippen LogP contribution in [0.25, 0.3) is 0 Å². The van der Waals surface area contributed by atoms with Crippen molar-refractivity contribution in [3.8, 4) is 0 Å². The molecule has 0 aromatic carbocycles. The van der Waals surface area contributed by atoms with Gasteiger partial charge in [-0.2, -0.15) is 0 Å². The van der Waals surface area contributed by atoms with Crippen LogP contribution in [0, 0.1) is 0 Å². The van der Waals surface area contributed by atoms with Gasteiger partial charge >= 0.3 is 0 Å². The minimum atomic E-state index is -1.38. The summed E-state index contributed by atoms with van der Waals surface area (Å²) in [6, 6.07) is 0. The molecule has 0 radical (unpaired) electrons. The van der Waals surface area contributed by atoms with Gasteiger partial charge in [-0.15, -0.1) is 0 Å². The fourth-order valence-corrected chi connectivity index (χ4v) is 1.27. The maximum atomic E-state index is 9.30. The summed E-state index contributed by atoms with van der Waals surface area (Å²) in [5.74, 6) is 0. The van der Waals surface area contributed by atoms with Gasteiger partial charge in [0.15, 0.2) is 0 Å². The lowest BCUT2D eigenvalue weighted by Crippen LogP contribution is -2.57. The molecule has 6 heteroatoms. The first kappa shape index (κ1) is 10.8. The summed E-state index contributed by atoms with van der Waals surface area (Å²) < 4.78 is 4.86. The SMILES string of the molecule is OCC(O)C1OCC(O)C(O)C1O. The lowest BCUT2D eigenvalue weighted by atomic mass is 9.97. The lowest BCUT2D eigenvalue weighted by molar-refractivity contribution is -0.214. The summed E-state index contributed by atoms with van der Waals surface area (Å²) in [5.41, 5.74) is 0. The molecule has 1 fully saturated rings. The van der Waals surface area contributed by atoms with E-state index in [4.69, 9.17) is 20.1 Å². The average molecular weight is 194 g/mol. The molecule has 1 rings (SSSR count). The topological polar surface area (TPSA) is 110 Å². The number of aliphatic hydroxyl groups excluding tert-OH is 5. The van der Waals surface area contributed by atoms with E-state index in [2.05, 4.69) is 0 Å². The quantitative estimate of drug-likeness (QED) is 0.317. The van der Waals surface area contributed by atoms with Crippen LogP contribution in [0.15, 0.2) is 0 Å². The molecule has 78 valence electrons. The Balaban J connectivity index is 2.58. The highest BCUT2D eigenvalue weighted by molar-refractivity contribution is 4.89. The fraction of sp³-hybridized carbons (Fsp3) is 1.00. The Labute approximate surface area is 75.0 Å². The van der Waals surface area contributed by atoms with Gasteiger partial charge in [0, 0.05) is 0 Å². The Hall–Kier alpha value is -0.240. The smallest absolute Gasteiger partial charge is 0.114 e. The second-order valence-electron chi connectivity index (χ2n) is 3.10. The minimum absolute atomic E-state index is 0.167. The average Bonchev–Trinajstić information content (AvgIpc) is 2.13. The molecule has 5 N–H and O–H groups in total. The van der Waals surface area contributed by atoms with Gasteiger partial charge < -0.3 is 30.3 Å². The van der Waals surface area contributed by atoms with E-state index < -0.39 is 37.1 Å². The first-order valence-electron chi connectivity index (χ1n) is 4.02. The minimum Gasteiger partial charge on any atom is -0.394 e. The third-order valence-corrected chi connectivity index (χ3v) is 2.11. The molecule has 0 aromatic heterocycles. The molecule has 0 bridgehead atoms. The van der Waals surface area contributed by atoms with Gasteiger partial charge in [-0.1, -0.05) is 0 Å². The van der Waals surface area contributed by atoms with E-state index in [0.29, 0.717) is 0 Å². The molecule has 13 heavy (non-hydrogen) atoms. The summed E-state index contributed by atoms with van der Waals surface area (Å²) in [5, 5.41) is 45.2. The number of hydrogen-bond donors (Lipinski definition) is 5. The van der Waals surface area contributed by atoms with Crippen LogP contribution in [-0.2, 0) is 4.74 Å². The van der Waals surface area contributed by atoms with Crippen LogP contribution in [0.4, 0.5) is 0 Å². The zero-order chi connectivity index (χ0) is 10.0. The Morgan fingerprint density at radius 1 is 1.23 bits per heavy atom. The van der Waals surface area contributed by atoms with E-state index in [1.165, 1.54) is 0 Å². The van der Waals surface area contributed by atoms with Crippen molar-refractivity contribution in [1.29, 1.82) is 0 Å². The van der Waals surface area contributed by atoms with Crippen molar-refractivity contribution in [1.82, 2.24) is 0 Å². The highest BCUT2D eigenvalue weighted by Crippen LogP contribution is 2.17. The Kier molecular flexibility index (Phi) is 3.60. The maximum absolute atomic E-state index is 9.30. The van der Waals surface area contributed by atoms with Crippen LogP contribution in [0.2, 0.25) is 0 Å². The van der Waals surface area contributed by atoms with Gasteiger partial charge in [0.05, 0.1) is 13.2 Å². The molecule has 0 aliphatic carbocycles. The molecule has 0 spiro atoms. The summed E-state index contributed by atoms with van der Waals surface area (Å²) in [6.07, 6.45) is -6.19. The molecule has 6 nitrogen and oxygen atoms in total. The lowest BCUT2D eigenvalue weighted by Gasteiger charge is -2.36. The third-order valence-electron chi connectivity index (χ3n) is 2.11. The van der Waals surface area contributed by atoms with Crippen LogP contribution in [0.1, 0.15) is 0 Å². The van der Waals surface area contributed by atoms with Crippen molar-refractivity contribution in [2.45, 2.75) is 30.5 Å². The number of aliphatic hydroxyl groups is 5. The number of ether oxygens (including phenoxy) is 1. The van der Waals surface area contributed by atoms with E-state index in [0.717, 1.165) is 0 Å². The van der Waals surface area contributed by atoms with E-state index >= 15 is 0 Å². The summed E-state index contributed by atoms with van der Waals surface area (Å²) in [4.78, 5) is 0. The number of hydrogen-bond acceptors (Lipinski definition) is 6. The summed E-state index contributed by atoms with van der Waals surface area (Å²) >= 11 is 0. The van der Waals surface area contributed by atoms with Crippen molar-refractivity contribution in [3.05, 3.63) is 0 Å². The predicted octanol–water partition coefficient (Wildman–Crippen LogP) is -3.18. The van der Waals surface area contributed by atoms with Gasteiger partial charge in [0.1, 0.15) is 30.5 Å². The van der Waals surface area contributed by atoms with Crippen LogP contribution in [0.3, 0.4) is 0 Å². The Bertz CT molecular complexity index is 163. The standard InChI is InChI=1S/C7H14O6/c8-1-3(9)7-6(12)5(11)4(10)2-13-7/h3-12H,1-2H2. The third kappa shape index (κ3) is 2.16. The maximum Gasteiger partial charge on any atom is 0.114 e. The van der Waals surface area contributed by atoms with Crippen molar-refractivity contribution in [2.24, 2.45) is 0 Å². The molecule has 0 aromatic rings. The van der Waals surface area contributed by atoms with Crippen molar-refractivity contribution in [2.75, 3.05) is 13.2 Å². The van der Waals surface area contributed by atoms with E-state index in [1.54, 1.807) is 0 Å². The molecule has 1 saturated heterocycles. The molecular weight excluding hydrogens is 180 g/mol. The van der Waals surface area contributed by atoms with E-state index in [9.17, 15) is 10.2 Å². The highest BCUT2D eigenvalue weighted by Gasteiger charge is 2.40. The van der Waals surface area contributed by atoms with Gasteiger partial charge in [-0.25, -0.2) is 0 Å². The monoisotopic (exact) mass is 194 g/mol. The van der Waals surface area contributed by atoms with Gasteiger partial charge in [-0.05, 0) is 0 Å². The second-order valence-corrected chi connectivity index (χ2v) is 3.10. The van der Waals surface area contributed by atoms with E-state index in [-0.39, 0.29) is 6.61 Å². The van der Waals surface area contributed by atoms with Gasteiger partial charge in [-0.3, -0.25) is 0 Å². The molecule has 0 amide bonds. The van der Waals surface area contributed by atoms with Crippen LogP contribution in [-0.4, -0.2) is 69.3 Å². The molecule has 5 unspecified atom stereocenters. The fourth-order valence-electron chi connectivity index (χ4n) is 1.27. The van der Waals surface area contributed by atoms with Crippen LogP contribution < -0.4 is 0 Å². The summed E-state index contributed by atoms with van der Waals surface area (Å²) in [6.45, 7) is -0.732. The molecule has 1 aliphatic rings. The van der Waals surface area contributed by atoms with Gasteiger partial charge in [0.2, 0.25) is 0 Å². The Morgan fingerprint density at radius 3 is 2.38 bits per heavy atom. The zero-order valence-corrected chi connectivity index (χ0v) is 6.95.